The number of ether oxygens (including phenoxy) is 1. The average Bonchev–Trinajstić information content (AvgIpc) is 2.04. The summed E-state index contributed by atoms with van der Waals surface area (Å²) in [5, 5.41) is 5.00. The predicted molar refractivity (Wildman–Crippen MR) is 44.0 cm³/mol. The summed E-state index contributed by atoms with van der Waals surface area (Å²) in [4.78, 5) is 10.5. The number of hydrogen-bond donors (Lipinski definition) is 2. The zero-order chi connectivity index (χ0) is 8.53. The van der Waals surface area contributed by atoms with Gasteiger partial charge < -0.3 is 15.4 Å². The van der Waals surface area contributed by atoms with Gasteiger partial charge in [0.1, 0.15) is 0 Å². The van der Waals surface area contributed by atoms with E-state index in [9.17, 15) is 4.79 Å². The van der Waals surface area contributed by atoms with Gasteiger partial charge in [-0.1, -0.05) is 0 Å². The van der Waals surface area contributed by atoms with Crippen LogP contribution in [0.4, 0.5) is 4.79 Å². The number of hydrogen-bond acceptors (Lipinski definition) is 2. The summed E-state index contributed by atoms with van der Waals surface area (Å²) in [6, 6.07) is -0.195. The lowest BCUT2D eigenvalue weighted by Crippen LogP contribution is -2.34. The second-order valence-corrected chi connectivity index (χ2v) is 2.19. The molecule has 5 heteroatoms. The van der Waals surface area contributed by atoms with Gasteiger partial charge in [0.05, 0.1) is 13.2 Å². The highest BCUT2D eigenvalue weighted by atomic mass is 35.5. The van der Waals surface area contributed by atoms with Crippen molar-refractivity contribution in [2.45, 2.75) is 0 Å². The molecular weight excluding hydrogens is 168 g/mol. The van der Waals surface area contributed by atoms with Gasteiger partial charge in [0.25, 0.3) is 0 Å². The number of halogens is 1. The van der Waals surface area contributed by atoms with Crippen LogP contribution < -0.4 is 10.6 Å². The molecule has 0 aliphatic heterocycles. The highest BCUT2D eigenvalue weighted by molar-refractivity contribution is 6.17. The zero-order valence-corrected chi connectivity index (χ0v) is 7.28. The Balaban J connectivity index is 2.95. The largest absolute Gasteiger partial charge is 0.378 e. The fraction of sp³-hybridized carbons (Fsp3) is 0.833. The first kappa shape index (κ1) is 10.5. The van der Waals surface area contributed by atoms with Gasteiger partial charge >= 0.3 is 6.03 Å². The van der Waals surface area contributed by atoms with E-state index >= 15 is 0 Å². The molecule has 0 aliphatic carbocycles. The zero-order valence-electron chi connectivity index (χ0n) is 6.52. The van der Waals surface area contributed by atoms with Crippen LogP contribution in [0.1, 0.15) is 0 Å². The van der Waals surface area contributed by atoms with Gasteiger partial charge in [-0.25, -0.2) is 4.79 Å². The molecule has 11 heavy (non-hydrogen) atoms. The summed E-state index contributed by atoms with van der Waals surface area (Å²) < 4.78 is 5.00. The Hall–Kier alpha value is -0.480. The Morgan fingerprint density at radius 1 is 1.55 bits per heavy atom. The lowest BCUT2D eigenvalue weighted by Gasteiger charge is -2.03. The molecule has 0 rings (SSSR count). The van der Waals surface area contributed by atoms with Crippen LogP contribution in [0, 0.1) is 0 Å². The first-order valence-electron chi connectivity index (χ1n) is 3.40. The van der Waals surface area contributed by atoms with E-state index in [-0.39, 0.29) is 6.03 Å². The Morgan fingerprint density at radius 2 is 2.27 bits per heavy atom. The quantitative estimate of drug-likeness (QED) is 0.468. The smallest absolute Gasteiger partial charge is 0.314 e. The van der Waals surface area contributed by atoms with Crippen LogP contribution in [0.2, 0.25) is 0 Å². The van der Waals surface area contributed by atoms with Crippen molar-refractivity contribution in [2.75, 3.05) is 32.7 Å². The Labute approximate surface area is 71.2 Å². The maximum absolute atomic E-state index is 10.5. The SMILES string of the molecule is CNC(=O)NCCOCCCl. The number of amides is 2. The standard InChI is InChI=1S/C6H13ClN2O2/c1-8-6(10)9-3-5-11-4-2-7/h2-5H2,1H3,(H2,8,9,10). The third-order valence-corrected chi connectivity index (χ3v) is 1.13. The molecule has 4 nitrogen and oxygen atoms in total. The van der Waals surface area contributed by atoms with Gasteiger partial charge in [-0.15, -0.1) is 11.6 Å². The summed E-state index contributed by atoms with van der Waals surface area (Å²) >= 11 is 5.35. The number of carbonyl (C=O) groups excluding carboxylic acids is 1. The molecule has 0 heterocycles. The summed E-state index contributed by atoms with van der Waals surface area (Å²) in [7, 11) is 1.56. The summed E-state index contributed by atoms with van der Waals surface area (Å²) in [6.45, 7) is 1.54. The van der Waals surface area contributed by atoms with E-state index in [2.05, 4.69) is 10.6 Å². The van der Waals surface area contributed by atoms with Gasteiger partial charge in [-0.3, -0.25) is 0 Å². The minimum Gasteiger partial charge on any atom is -0.378 e. The van der Waals surface area contributed by atoms with Crippen molar-refractivity contribution < 1.29 is 9.53 Å². The number of rotatable bonds is 5. The third kappa shape index (κ3) is 7.42. The molecule has 2 amide bonds. The van der Waals surface area contributed by atoms with Gasteiger partial charge in [0.2, 0.25) is 0 Å². The minimum absolute atomic E-state index is 0.195. The van der Waals surface area contributed by atoms with Gasteiger partial charge in [-0.05, 0) is 0 Å². The summed E-state index contributed by atoms with van der Waals surface area (Å²) in [5.41, 5.74) is 0. The van der Waals surface area contributed by atoms with E-state index in [1.54, 1.807) is 7.05 Å². The first-order chi connectivity index (χ1) is 5.31. The molecule has 0 atom stereocenters. The van der Waals surface area contributed by atoms with Crippen LogP contribution in [0.3, 0.4) is 0 Å². The molecule has 0 aromatic heterocycles. The van der Waals surface area contributed by atoms with Crippen LogP contribution in [0.5, 0.6) is 0 Å². The molecule has 66 valence electrons. The molecule has 0 aromatic rings. The molecule has 0 fully saturated rings. The molecule has 0 bridgehead atoms. The second-order valence-electron chi connectivity index (χ2n) is 1.81. The predicted octanol–water partition coefficient (Wildman–Crippen LogP) is 0.171. The van der Waals surface area contributed by atoms with Gasteiger partial charge in [0, 0.05) is 19.5 Å². The van der Waals surface area contributed by atoms with Gasteiger partial charge in [-0.2, -0.15) is 0 Å². The molecule has 0 saturated carbocycles. The van der Waals surface area contributed by atoms with Crippen molar-refractivity contribution in [1.29, 1.82) is 0 Å². The molecule has 0 aliphatic rings. The molecule has 0 spiro atoms. The van der Waals surface area contributed by atoms with Crippen molar-refractivity contribution in [3.63, 3.8) is 0 Å². The number of alkyl halides is 1. The van der Waals surface area contributed by atoms with E-state index in [0.29, 0.717) is 25.6 Å². The maximum Gasteiger partial charge on any atom is 0.314 e. The topological polar surface area (TPSA) is 50.4 Å². The van der Waals surface area contributed by atoms with Crippen LogP contribution in [0.25, 0.3) is 0 Å². The molecule has 0 saturated heterocycles. The summed E-state index contributed by atoms with van der Waals surface area (Å²) in [5.74, 6) is 0.486. The number of carbonyl (C=O) groups is 1. The Bertz CT molecular complexity index is 111. The van der Waals surface area contributed by atoms with Crippen LogP contribution in [-0.2, 0) is 4.74 Å². The lowest BCUT2D eigenvalue weighted by molar-refractivity contribution is 0.151. The van der Waals surface area contributed by atoms with E-state index in [4.69, 9.17) is 16.3 Å². The molecule has 0 unspecified atom stereocenters. The van der Waals surface area contributed by atoms with Crippen LogP contribution >= 0.6 is 11.6 Å². The van der Waals surface area contributed by atoms with E-state index in [1.807, 2.05) is 0 Å². The molecule has 0 aromatic carbocycles. The number of urea groups is 1. The average molecular weight is 181 g/mol. The van der Waals surface area contributed by atoms with E-state index in [0.717, 1.165) is 0 Å². The monoisotopic (exact) mass is 180 g/mol. The van der Waals surface area contributed by atoms with E-state index in [1.165, 1.54) is 0 Å². The second kappa shape index (κ2) is 7.63. The fourth-order valence-electron chi connectivity index (χ4n) is 0.482. The van der Waals surface area contributed by atoms with Crippen LogP contribution in [-0.4, -0.2) is 38.7 Å². The Kier molecular flexibility index (Phi) is 7.29. The highest BCUT2D eigenvalue weighted by Gasteiger charge is 1.92. The van der Waals surface area contributed by atoms with Crippen molar-refractivity contribution in [1.82, 2.24) is 10.6 Å². The van der Waals surface area contributed by atoms with Gasteiger partial charge in [0.15, 0.2) is 0 Å². The summed E-state index contributed by atoms with van der Waals surface area (Å²) in [6.07, 6.45) is 0. The van der Waals surface area contributed by atoms with E-state index < -0.39 is 0 Å². The van der Waals surface area contributed by atoms with Crippen molar-refractivity contribution in [3.8, 4) is 0 Å². The van der Waals surface area contributed by atoms with Crippen molar-refractivity contribution >= 4 is 17.6 Å². The molecule has 0 radical (unpaired) electrons. The maximum atomic E-state index is 10.5. The minimum atomic E-state index is -0.195. The normalized spacial score (nSPS) is 9.27. The lowest BCUT2D eigenvalue weighted by atomic mass is 10.6. The first-order valence-corrected chi connectivity index (χ1v) is 3.94. The third-order valence-electron chi connectivity index (χ3n) is 0.981. The Morgan fingerprint density at radius 3 is 2.82 bits per heavy atom. The molecular formula is C6H13ClN2O2. The van der Waals surface area contributed by atoms with Crippen LogP contribution in [0.15, 0.2) is 0 Å². The van der Waals surface area contributed by atoms with Crippen molar-refractivity contribution in [2.24, 2.45) is 0 Å². The highest BCUT2D eigenvalue weighted by Crippen LogP contribution is 1.77. The fourth-order valence-corrected chi connectivity index (χ4v) is 0.591. The molecule has 2 N–H and O–H groups in total. The van der Waals surface area contributed by atoms with Crippen molar-refractivity contribution in [3.05, 3.63) is 0 Å². The number of nitrogens with one attached hydrogen (secondary N) is 2.